The maximum Gasteiger partial charge on any atom is 0.287 e. The van der Waals surface area contributed by atoms with Gasteiger partial charge in [-0.25, -0.2) is 8.78 Å². The fraction of sp³-hybridized carbons (Fsp3) is 0.615. The van der Waals surface area contributed by atoms with Gasteiger partial charge in [-0.15, -0.1) is 0 Å². The zero-order valence-corrected chi connectivity index (χ0v) is 13.4. The van der Waals surface area contributed by atoms with Crippen LogP contribution in [0.3, 0.4) is 0 Å². The standard InChI is InChI=1S/C13H17ClF2N4O2/c1-6-5-13(22,12(15)16)20(17-6)11(21)9(4)19-8(3)10(14)7(2)18-19/h9,12,22H,5H2,1-4H3/t9-,13+/m1/s1. The minimum atomic E-state index is -3.13. The van der Waals surface area contributed by atoms with Crippen LogP contribution in [0, 0.1) is 13.8 Å². The van der Waals surface area contributed by atoms with Crippen molar-refractivity contribution in [2.45, 2.75) is 52.3 Å². The molecule has 1 amide bonds. The van der Waals surface area contributed by atoms with Crippen molar-refractivity contribution in [2.75, 3.05) is 0 Å². The van der Waals surface area contributed by atoms with Crippen LogP contribution in [0.25, 0.3) is 0 Å². The van der Waals surface area contributed by atoms with Crippen LogP contribution in [-0.2, 0) is 4.79 Å². The van der Waals surface area contributed by atoms with E-state index in [-0.39, 0.29) is 12.1 Å². The summed E-state index contributed by atoms with van der Waals surface area (Å²) in [6.07, 6.45) is -3.52. The van der Waals surface area contributed by atoms with Gasteiger partial charge in [0.25, 0.3) is 12.3 Å². The second-order valence-electron chi connectivity index (χ2n) is 5.45. The first kappa shape index (κ1) is 16.8. The Balaban J connectivity index is 2.36. The van der Waals surface area contributed by atoms with Crippen LogP contribution < -0.4 is 0 Å². The average molecular weight is 335 g/mol. The molecule has 0 aliphatic carbocycles. The Morgan fingerprint density at radius 2 is 2.00 bits per heavy atom. The summed E-state index contributed by atoms with van der Waals surface area (Å²) in [5.74, 6) is -0.776. The predicted octanol–water partition coefficient (Wildman–Crippen LogP) is 2.28. The van der Waals surface area contributed by atoms with Crippen LogP contribution >= 0.6 is 11.6 Å². The molecule has 2 atom stereocenters. The molecule has 2 heterocycles. The maximum absolute atomic E-state index is 13.2. The van der Waals surface area contributed by atoms with Crippen LogP contribution in [0.2, 0.25) is 5.02 Å². The van der Waals surface area contributed by atoms with Crippen molar-refractivity contribution in [3.8, 4) is 0 Å². The van der Waals surface area contributed by atoms with E-state index in [4.69, 9.17) is 11.6 Å². The molecular formula is C13H17ClF2N4O2. The second-order valence-corrected chi connectivity index (χ2v) is 5.82. The van der Waals surface area contributed by atoms with Crippen LogP contribution in [0.15, 0.2) is 5.10 Å². The van der Waals surface area contributed by atoms with E-state index >= 15 is 0 Å². The molecule has 0 fully saturated rings. The van der Waals surface area contributed by atoms with Gasteiger partial charge >= 0.3 is 0 Å². The fourth-order valence-corrected chi connectivity index (χ4v) is 2.58. The molecule has 0 saturated carbocycles. The number of hydrogen-bond acceptors (Lipinski definition) is 4. The van der Waals surface area contributed by atoms with Crippen LogP contribution in [0.1, 0.15) is 37.7 Å². The summed E-state index contributed by atoms with van der Waals surface area (Å²) in [5.41, 5.74) is -1.28. The van der Waals surface area contributed by atoms with Gasteiger partial charge in [-0.1, -0.05) is 11.6 Å². The van der Waals surface area contributed by atoms with E-state index in [0.717, 1.165) is 0 Å². The highest BCUT2D eigenvalue weighted by Gasteiger charge is 2.52. The lowest BCUT2D eigenvalue weighted by molar-refractivity contribution is -0.194. The highest BCUT2D eigenvalue weighted by Crippen LogP contribution is 2.33. The number of aliphatic hydroxyl groups is 1. The molecule has 122 valence electrons. The van der Waals surface area contributed by atoms with Crippen molar-refractivity contribution >= 4 is 23.2 Å². The van der Waals surface area contributed by atoms with Gasteiger partial charge < -0.3 is 5.11 Å². The lowest BCUT2D eigenvalue weighted by Gasteiger charge is -2.31. The molecule has 0 saturated heterocycles. The van der Waals surface area contributed by atoms with Crippen LogP contribution in [0.4, 0.5) is 8.78 Å². The number of carbonyl (C=O) groups excluding carboxylic acids is 1. The van der Waals surface area contributed by atoms with Gasteiger partial charge in [-0.05, 0) is 27.7 Å². The van der Waals surface area contributed by atoms with Gasteiger partial charge in [0.05, 0.1) is 16.4 Å². The van der Waals surface area contributed by atoms with Gasteiger partial charge in [-0.3, -0.25) is 9.48 Å². The van der Waals surface area contributed by atoms with Gasteiger partial charge in [0.1, 0.15) is 6.04 Å². The Kier molecular flexibility index (Phi) is 4.27. The van der Waals surface area contributed by atoms with Gasteiger partial charge in [0.2, 0.25) is 5.72 Å². The Labute approximate surface area is 131 Å². The highest BCUT2D eigenvalue weighted by molar-refractivity contribution is 6.31. The molecule has 0 radical (unpaired) electrons. The SMILES string of the molecule is CC1=NN(C(=O)[C@@H](C)n2nc(C)c(Cl)c2C)[C@@](O)(C(F)F)C1. The molecule has 1 aliphatic rings. The first-order valence-corrected chi connectivity index (χ1v) is 7.07. The number of rotatable bonds is 3. The number of aryl methyl sites for hydroxylation is 1. The summed E-state index contributed by atoms with van der Waals surface area (Å²) in [4.78, 5) is 12.5. The normalized spacial score (nSPS) is 23.1. The Morgan fingerprint density at radius 1 is 1.41 bits per heavy atom. The molecule has 1 aromatic rings. The molecule has 1 aromatic heterocycles. The van der Waals surface area contributed by atoms with Crippen molar-refractivity contribution < 1.29 is 18.7 Å². The third-order valence-electron chi connectivity index (χ3n) is 3.67. The molecule has 0 spiro atoms. The monoisotopic (exact) mass is 334 g/mol. The van der Waals surface area contributed by atoms with Gasteiger partial charge in [0.15, 0.2) is 0 Å². The minimum Gasteiger partial charge on any atom is -0.364 e. The Bertz CT molecular complexity index is 646. The lowest BCUT2D eigenvalue weighted by atomic mass is 10.1. The average Bonchev–Trinajstić information content (AvgIpc) is 2.89. The summed E-state index contributed by atoms with van der Waals surface area (Å²) in [5, 5.41) is 18.8. The zero-order chi connectivity index (χ0) is 16.8. The van der Waals surface area contributed by atoms with Crippen LogP contribution in [0.5, 0.6) is 0 Å². The molecule has 1 aliphatic heterocycles. The highest BCUT2D eigenvalue weighted by atomic mass is 35.5. The van der Waals surface area contributed by atoms with Crippen LogP contribution in [-0.4, -0.2) is 43.7 Å². The van der Waals surface area contributed by atoms with E-state index in [1.54, 1.807) is 13.8 Å². The Morgan fingerprint density at radius 3 is 2.45 bits per heavy atom. The van der Waals surface area contributed by atoms with Crippen molar-refractivity contribution in [2.24, 2.45) is 5.10 Å². The van der Waals surface area contributed by atoms with E-state index in [1.807, 2.05) is 0 Å². The van der Waals surface area contributed by atoms with Crippen molar-refractivity contribution in [1.82, 2.24) is 14.8 Å². The minimum absolute atomic E-state index is 0.259. The number of nitrogens with zero attached hydrogens (tertiary/aromatic N) is 4. The molecule has 22 heavy (non-hydrogen) atoms. The van der Waals surface area contributed by atoms with E-state index in [2.05, 4.69) is 10.2 Å². The third-order valence-corrected chi connectivity index (χ3v) is 4.22. The number of amides is 1. The molecule has 6 nitrogen and oxygen atoms in total. The smallest absolute Gasteiger partial charge is 0.287 e. The molecule has 0 bridgehead atoms. The fourth-order valence-electron chi connectivity index (χ4n) is 2.46. The topological polar surface area (TPSA) is 70.7 Å². The zero-order valence-electron chi connectivity index (χ0n) is 12.6. The summed E-state index contributed by atoms with van der Waals surface area (Å²) in [6.45, 7) is 6.32. The molecule has 1 N–H and O–H groups in total. The van der Waals surface area contributed by atoms with Crippen molar-refractivity contribution in [3.63, 3.8) is 0 Å². The number of hydrazone groups is 1. The first-order valence-electron chi connectivity index (χ1n) is 6.69. The molecule has 9 heteroatoms. The summed E-state index contributed by atoms with van der Waals surface area (Å²) in [6, 6.07) is -0.925. The summed E-state index contributed by atoms with van der Waals surface area (Å²) >= 11 is 6.03. The number of aromatic nitrogens is 2. The van der Waals surface area contributed by atoms with E-state index < -0.39 is 24.1 Å². The lowest BCUT2D eigenvalue weighted by Crippen LogP contribution is -2.53. The number of hydrogen-bond donors (Lipinski definition) is 1. The Hall–Kier alpha value is -1.54. The number of alkyl halides is 2. The molecule has 0 aromatic carbocycles. The molecule has 0 unspecified atom stereocenters. The number of halogens is 3. The van der Waals surface area contributed by atoms with Gasteiger partial charge in [0, 0.05) is 12.1 Å². The largest absolute Gasteiger partial charge is 0.364 e. The quantitative estimate of drug-likeness (QED) is 0.921. The maximum atomic E-state index is 13.2. The van der Waals surface area contributed by atoms with E-state index in [0.29, 0.717) is 21.4 Å². The molecular weight excluding hydrogens is 318 g/mol. The van der Waals surface area contributed by atoms with Gasteiger partial charge in [-0.2, -0.15) is 15.2 Å². The summed E-state index contributed by atoms with van der Waals surface area (Å²) < 4.78 is 27.7. The first-order chi connectivity index (χ1) is 10.1. The van der Waals surface area contributed by atoms with Crippen molar-refractivity contribution in [1.29, 1.82) is 0 Å². The predicted molar refractivity (Wildman–Crippen MR) is 76.9 cm³/mol. The van der Waals surface area contributed by atoms with E-state index in [1.165, 1.54) is 18.5 Å². The third kappa shape index (κ3) is 2.50. The van der Waals surface area contributed by atoms with Crippen molar-refractivity contribution in [3.05, 3.63) is 16.4 Å². The molecule has 2 rings (SSSR count). The summed E-state index contributed by atoms with van der Waals surface area (Å²) in [7, 11) is 0. The van der Waals surface area contributed by atoms with E-state index in [9.17, 15) is 18.7 Å². The number of carbonyl (C=O) groups is 1. The second kappa shape index (κ2) is 5.58.